The first kappa shape index (κ1) is 23.1. The second-order valence-corrected chi connectivity index (χ2v) is 8.68. The van der Waals surface area contributed by atoms with Crippen LogP contribution in [0.2, 0.25) is 0 Å². The predicted molar refractivity (Wildman–Crippen MR) is 135 cm³/mol. The number of methoxy groups -OCH3 is 1. The Morgan fingerprint density at radius 1 is 1.25 bits per heavy atom. The van der Waals surface area contributed by atoms with Crippen molar-refractivity contribution in [2.75, 3.05) is 17.7 Å². The van der Waals surface area contributed by atoms with E-state index in [1.54, 1.807) is 38.6 Å². The normalized spacial score (nSPS) is 13.8. The molecule has 184 valence electrons. The van der Waals surface area contributed by atoms with Crippen LogP contribution in [0.15, 0.2) is 53.7 Å². The highest BCUT2D eigenvalue weighted by Gasteiger charge is 2.30. The maximum atomic E-state index is 12.7. The molecule has 11 nitrogen and oxygen atoms in total. The van der Waals surface area contributed by atoms with E-state index >= 15 is 0 Å². The molecule has 2 amide bonds. The lowest BCUT2D eigenvalue weighted by Crippen LogP contribution is -2.24. The minimum absolute atomic E-state index is 0.00746. The van der Waals surface area contributed by atoms with Crippen LogP contribution in [0.3, 0.4) is 0 Å². The molecule has 1 fully saturated rings. The molecular formula is C25H25N7O4. The lowest BCUT2D eigenvalue weighted by atomic mass is 10.1. The summed E-state index contributed by atoms with van der Waals surface area (Å²) in [5.74, 6) is 0.285. The Morgan fingerprint density at radius 3 is 2.78 bits per heavy atom. The van der Waals surface area contributed by atoms with E-state index in [-0.39, 0.29) is 17.4 Å². The van der Waals surface area contributed by atoms with Crippen molar-refractivity contribution in [2.45, 2.75) is 25.8 Å². The summed E-state index contributed by atoms with van der Waals surface area (Å²) in [7, 11) is 1.54. The third-order valence-electron chi connectivity index (χ3n) is 6.14. The van der Waals surface area contributed by atoms with Crippen LogP contribution in [0.4, 0.5) is 17.2 Å². The molecular weight excluding hydrogens is 462 g/mol. The summed E-state index contributed by atoms with van der Waals surface area (Å²) < 4.78 is 7.22. The average Bonchev–Trinajstić information content (AvgIpc) is 3.60. The number of hydrogen-bond acceptors (Lipinski definition) is 7. The Morgan fingerprint density at radius 2 is 2.06 bits per heavy atom. The fourth-order valence-electron chi connectivity index (χ4n) is 3.98. The molecule has 0 radical (unpaired) electrons. The average molecular weight is 488 g/mol. The van der Waals surface area contributed by atoms with Crippen LogP contribution < -0.4 is 26.7 Å². The van der Waals surface area contributed by atoms with Crippen LogP contribution in [-0.2, 0) is 9.59 Å². The van der Waals surface area contributed by atoms with Crippen molar-refractivity contribution in [3.05, 3.63) is 59.3 Å². The van der Waals surface area contributed by atoms with E-state index in [1.807, 2.05) is 18.2 Å². The van der Waals surface area contributed by atoms with Gasteiger partial charge in [0.15, 0.2) is 0 Å². The van der Waals surface area contributed by atoms with Crippen LogP contribution in [-0.4, -0.2) is 38.7 Å². The number of anilines is 3. The van der Waals surface area contributed by atoms with Gasteiger partial charge in [0.25, 0.3) is 5.56 Å². The molecule has 11 heteroatoms. The summed E-state index contributed by atoms with van der Waals surface area (Å²) in [6, 6.07) is 8.21. The van der Waals surface area contributed by atoms with Gasteiger partial charge in [-0.05, 0) is 31.9 Å². The zero-order valence-electron chi connectivity index (χ0n) is 19.7. The summed E-state index contributed by atoms with van der Waals surface area (Å²) >= 11 is 0. The van der Waals surface area contributed by atoms with Crippen LogP contribution in [0.25, 0.3) is 22.0 Å². The second kappa shape index (κ2) is 9.17. The standard InChI is InChI=1S/C25H25N7O4/c1-13(23(26)33)32-12-15(11-28-32)16-4-3-5-18(22(16)36-2)29-19-10-20(31-24(34)14-6-7-14)30-17-8-9-27-25(35)21(17)19/h3-5,8-14H,6-7H2,1-2H3,(H2,26,33)(H,27,35)(H2,29,30,31,34). The lowest BCUT2D eigenvalue weighted by molar-refractivity contribution is -0.121. The number of nitrogens with one attached hydrogen (secondary N) is 3. The molecule has 5 N–H and O–H groups in total. The van der Waals surface area contributed by atoms with Gasteiger partial charge in [-0.2, -0.15) is 5.10 Å². The van der Waals surface area contributed by atoms with Gasteiger partial charge in [-0.25, -0.2) is 4.98 Å². The quantitative estimate of drug-likeness (QED) is 0.297. The number of H-pyrrole nitrogens is 1. The molecule has 3 heterocycles. The number of nitrogens with two attached hydrogens (primary N) is 1. The third kappa shape index (κ3) is 4.38. The fraction of sp³-hybridized carbons (Fsp3) is 0.240. The molecule has 0 bridgehead atoms. The van der Waals surface area contributed by atoms with E-state index in [4.69, 9.17) is 10.5 Å². The summed E-state index contributed by atoms with van der Waals surface area (Å²) in [4.78, 5) is 43.7. The van der Waals surface area contributed by atoms with Gasteiger partial charge in [-0.15, -0.1) is 0 Å². The van der Waals surface area contributed by atoms with Gasteiger partial charge in [-0.3, -0.25) is 19.1 Å². The monoisotopic (exact) mass is 487 g/mol. The van der Waals surface area contributed by atoms with Crippen molar-refractivity contribution in [1.82, 2.24) is 19.7 Å². The maximum Gasteiger partial charge on any atom is 0.259 e. The van der Waals surface area contributed by atoms with E-state index in [0.29, 0.717) is 33.8 Å². The van der Waals surface area contributed by atoms with Gasteiger partial charge < -0.3 is 26.1 Å². The second-order valence-electron chi connectivity index (χ2n) is 8.68. The first-order valence-electron chi connectivity index (χ1n) is 11.5. The van der Waals surface area contributed by atoms with E-state index in [2.05, 4.69) is 25.7 Å². The molecule has 4 aromatic rings. The van der Waals surface area contributed by atoms with Gasteiger partial charge >= 0.3 is 0 Å². The number of hydrogen-bond donors (Lipinski definition) is 4. The third-order valence-corrected chi connectivity index (χ3v) is 6.14. The number of nitrogens with zero attached hydrogens (tertiary/aromatic N) is 3. The number of fused-ring (bicyclic) bond motifs is 1. The van der Waals surface area contributed by atoms with Crippen molar-refractivity contribution >= 4 is 39.9 Å². The number of rotatable bonds is 8. The summed E-state index contributed by atoms with van der Waals surface area (Å²) in [5.41, 5.74) is 8.01. The molecule has 1 aliphatic carbocycles. The summed E-state index contributed by atoms with van der Waals surface area (Å²) in [6.07, 6.45) is 6.58. The van der Waals surface area contributed by atoms with Crippen molar-refractivity contribution in [1.29, 1.82) is 0 Å². The Bertz CT molecular complexity index is 1540. The molecule has 36 heavy (non-hydrogen) atoms. The zero-order chi connectivity index (χ0) is 25.4. The van der Waals surface area contributed by atoms with Gasteiger partial charge in [0.1, 0.15) is 17.6 Å². The molecule has 1 saturated carbocycles. The zero-order valence-corrected chi connectivity index (χ0v) is 19.7. The van der Waals surface area contributed by atoms with Crippen LogP contribution >= 0.6 is 0 Å². The number of pyridine rings is 2. The molecule has 1 unspecified atom stereocenters. The molecule has 1 aliphatic rings. The number of aromatic amines is 1. The van der Waals surface area contributed by atoms with Gasteiger partial charge in [0.2, 0.25) is 11.8 Å². The Labute approximate surface area is 205 Å². The molecule has 3 aromatic heterocycles. The molecule has 0 saturated heterocycles. The number of ether oxygens (including phenoxy) is 1. The molecule has 5 rings (SSSR count). The molecule has 1 atom stereocenters. The van der Waals surface area contributed by atoms with E-state index in [9.17, 15) is 14.4 Å². The number of carbonyl (C=O) groups is 2. The number of carbonyl (C=O) groups excluding carboxylic acids is 2. The number of aromatic nitrogens is 4. The Balaban J connectivity index is 1.56. The van der Waals surface area contributed by atoms with Crippen LogP contribution in [0.1, 0.15) is 25.8 Å². The topological polar surface area (TPSA) is 157 Å². The minimum atomic E-state index is -0.606. The number of benzene rings is 1. The highest BCUT2D eigenvalue weighted by molar-refractivity contribution is 5.99. The SMILES string of the molecule is COc1c(Nc2cc(NC(=O)C3CC3)nc3cc[nH]c(=O)c23)cccc1-c1cnn(C(C)C(N)=O)c1. The smallest absolute Gasteiger partial charge is 0.259 e. The number of amides is 2. The first-order valence-corrected chi connectivity index (χ1v) is 11.5. The van der Waals surface area contributed by atoms with Crippen molar-refractivity contribution < 1.29 is 14.3 Å². The minimum Gasteiger partial charge on any atom is -0.494 e. The lowest BCUT2D eigenvalue weighted by Gasteiger charge is -2.16. The summed E-state index contributed by atoms with van der Waals surface area (Å²) in [6.45, 7) is 1.67. The predicted octanol–water partition coefficient (Wildman–Crippen LogP) is 2.93. The van der Waals surface area contributed by atoms with E-state index in [1.165, 1.54) is 10.9 Å². The van der Waals surface area contributed by atoms with E-state index < -0.39 is 11.9 Å². The van der Waals surface area contributed by atoms with E-state index in [0.717, 1.165) is 24.0 Å². The number of primary amides is 1. The van der Waals surface area contributed by atoms with Crippen molar-refractivity contribution in [3.63, 3.8) is 0 Å². The van der Waals surface area contributed by atoms with Crippen molar-refractivity contribution in [2.24, 2.45) is 11.7 Å². The molecule has 0 spiro atoms. The van der Waals surface area contributed by atoms with Crippen molar-refractivity contribution in [3.8, 4) is 16.9 Å². The number of para-hydroxylation sites is 1. The van der Waals surface area contributed by atoms with Crippen LogP contribution in [0.5, 0.6) is 5.75 Å². The maximum absolute atomic E-state index is 12.7. The largest absolute Gasteiger partial charge is 0.494 e. The highest BCUT2D eigenvalue weighted by Crippen LogP contribution is 2.39. The summed E-state index contributed by atoms with van der Waals surface area (Å²) in [5, 5.41) is 10.7. The van der Waals surface area contributed by atoms with Crippen LogP contribution in [0, 0.1) is 5.92 Å². The van der Waals surface area contributed by atoms with Gasteiger partial charge in [0, 0.05) is 35.5 Å². The first-order chi connectivity index (χ1) is 17.4. The van der Waals surface area contributed by atoms with Gasteiger partial charge in [0.05, 0.1) is 35.6 Å². The fourth-order valence-corrected chi connectivity index (χ4v) is 3.98. The highest BCUT2D eigenvalue weighted by atomic mass is 16.5. The van der Waals surface area contributed by atoms with Gasteiger partial charge in [-0.1, -0.05) is 12.1 Å². The Kier molecular flexibility index (Phi) is 5.88. The Hall–Kier alpha value is -4.67. The molecule has 0 aliphatic heterocycles. The molecule has 1 aromatic carbocycles.